The maximum absolute atomic E-state index is 10.9. The smallest absolute Gasteiger partial charge is 0.315 e. The number of carboxylic acid groups (broad SMARTS) is 1. The van der Waals surface area contributed by atoms with Crippen LogP contribution < -0.4 is 4.74 Å². The Morgan fingerprint density at radius 1 is 1.50 bits per heavy atom. The van der Waals surface area contributed by atoms with Gasteiger partial charge in [0, 0.05) is 6.07 Å². The van der Waals surface area contributed by atoms with Gasteiger partial charge >= 0.3 is 5.97 Å². The van der Waals surface area contributed by atoms with Crippen LogP contribution >= 0.6 is 0 Å². The second-order valence-corrected chi connectivity index (χ2v) is 3.35. The molecule has 1 aromatic heterocycles. The summed E-state index contributed by atoms with van der Waals surface area (Å²) in [5.74, 6) is -0.424. The average molecular weight is 194 g/mol. The van der Waals surface area contributed by atoms with Gasteiger partial charge in [0.2, 0.25) is 5.88 Å². The van der Waals surface area contributed by atoms with Crippen molar-refractivity contribution in [2.24, 2.45) is 0 Å². The van der Waals surface area contributed by atoms with Crippen molar-refractivity contribution in [2.45, 2.75) is 18.3 Å². The maximum atomic E-state index is 10.9. The molecular weight excluding hydrogens is 184 g/mol. The van der Waals surface area contributed by atoms with Crippen LogP contribution in [0.4, 0.5) is 0 Å². The van der Waals surface area contributed by atoms with Gasteiger partial charge in [-0.3, -0.25) is 4.79 Å². The monoisotopic (exact) mass is 194 g/mol. The van der Waals surface area contributed by atoms with Crippen LogP contribution in [-0.4, -0.2) is 28.4 Å². The highest BCUT2D eigenvalue weighted by Gasteiger charge is 2.53. The minimum absolute atomic E-state index is 0.398. The van der Waals surface area contributed by atoms with Gasteiger partial charge in [0.1, 0.15) is 5.41 Å². The molecule has 2 rings (SSSR count). The molecule has 0 saturated heterocycles. The Bertz CT molecular complexity index is 357. The molecule has 1 saturated carbocycles. The van der Waals surface area contributed by atoms with Crippen molar-refractivity contribution in [3.05, 3.63) is 17.8 Å². The van der Waals surface area contributed by atoms with Gasteiger partial charge in [-0.25, -0.2) is 0 Å². The van der Waals surface area contributed by atoms with Gasteiger partial charge in [-0.15, -0.1) is 5.10 Å². The number of carbonyl (C=O) groups is 1. The molecule has 1 heterocycles. The van der Waals surface area contributed by atoms with E-state index in [-0.39, 0.29) is 0 Å². The van der Waals surface area contributed by atoms with Gasteiger partial charge in [0.15, 0.2) is 0 Å². The molecule has 1 aromatic rings. The molecule has 0 radical (unpaired) electrons. The molecule has 5 nitrogen and oxygen atoms in total. The van der Waals surface area contributed by atoms with E-state index in [2.05, 4.69) is 10.2 Å². The number of nitrogens with zero attached hydrogens (tertiary/aromatic N) is 2. The lowest BCUT2D eigenvalue weighted by molar-refractivity contribution is -0.140. The number of methoxy groups -OCH3 is 1. The Balaban J connectivity index is 2.29. The molecule has 0 aromatic carbocycles. The third kappa shape index (κ3) is 1.21. The molecule has 5 heteroatoms. The van der Waals surface area contributed by atoms with E-state index in [9.17, 15) is 4.79 Å². The van der Waals surface area contributed by atoms with Crippen molar-refractivity contribution in [1.82, 2.24) is 10.2 Å². The molecule has 0 amide bonds. The van der Waals surface area contributed by atoms with Crippen LogP contribution in [0, 0.1) is 0 Å². The summed E-state index contributed by atoms with van der Waals surface area (Å²) in [6.45, 7) is 0. The normalized spacial score (nSPS) is 17.5. The zero-order valence-electron chi connectivity index (χ0n) is 7.73. The van der Waals surface area contributed by atoms with Crippen LogP contribution in [0.1, 0.15) is 18.5 Å². The summed E-state index contributed by atoms with van der Waals surface area (Å²) in [6, 6.07) is 3.29. The zero-order chi connectivity index (χ0) is 10.2. The van der Waals surface area contributed by atoms with Gasteiger partial charge in [-0.05, 0) is 18.9 Å². The van der Waals surface area contributed by atoms with E-state index in [0.717, 1.165) is 0 Å². The molecule has 1 fully saturated rings. The Hall–Kier alpha value is -1.65. The van der Waals surface area contributed by atoms with Gasteiger partial charge in [0.05, 0.1) is 12.8 Å². The van der Waals surface area contributed by atoms with Crippen molar-refractivity contribution >= 4 is 5.97 Å². The van der Waals surface area contributed by atoms with Gasteiger partial charge in [0.25, 0.3) is 0 Å². The molecule has 74 valence electrons. The largest absolute Gasteiger partial charge is 0.481 e. The van der Waals surface area contributed by atoms with Crippen molar-refractivity contribution in [1.29, 1.82) is 0 Å². The van der Waals surface area contributed by atoms with Gasteiger partial charge in [-0.2, -0.15) is 5.10 Å². The molecule has 0 atom stereocenters. The first-order valence-electron chi connectivity index (χ1n) is 4.31. The number of hydrogen-bond acceptors (Lipinski definition) is 4. The van der Waals surface area contributed by atoms with E-state index in [1.54, 1.807) is 12.1 Å². The molecular formula is C9H10N2O3. The summed E-state index contributed by atoms with van der Waals surface area (Å²) in [5.41, 5.74) is -0.259. The standard InChI is InChI=1S/C9H10N2O3/c1-14-7-3-2-6(10-11-7)9(4-5-9)8(12)13/h2-3H,4-5H2,1H3,(H,12,13). The van der Waals surface area contributed by atoms with E-state index < -0.39 is 11.4 Å². The van der Waals surface area contributed by atoms with Crippen LogP contribution in [0.3, 0.4) is 0 Å². The average Bonchev–Trinajstić information content (AvgIpc) is 2.99. The first-order valence-corrected chi connectivity index (χ1v) is 4.31. The quantitative estimate of drug-likeness (QED) is 0.762. The summed E-state index contributed by atoms with van der Waals surface area (Å²) in [4.78, 5) is 10.9. The van der Waals surface area contributed by atoms with Crippen molar-refractivity contribution in [3.8, 4) is 5.88 Å². The van der Waals surface area contributed by atoms with E-state index in [1.807, 2.05) is 0 Å². The fourth-order valence-electron chi connectivity index (χ4n) is 1.39. The third-order valence-corrected chi connectivity index (χ3v) is 2.50. The Morgan fingerprint density at radius 3 is 2.57 bits per heavy atom. The highest BCUT2D eigenvalue weighted by atomic mass is 16.5. The number of carboxylic acids is 1. The van der Waals surface area contributed by atoms with Crippen LogP contribution in [0.25, 0.3) is 0 Å². The summed E-state index contributed by atoms with van der Waals surface area (Å²) < 4.78 is 4.84. The fraction of sp³-hybridized carbons (Fsp3) is 0.444. The Labute approximate surface area is 80.7 Å². The van der Waals surface area contributed by atoms with Crippen molar-refractivity contribution in [2.75, 3.05) is 7.11 Å². The predicted octanol–water partition coefficient (Wildman–Crippen LogP) is 0.601. The number of ether oxygens (including phenoxy) is 1. The molecule has 14 heavy (non-hydrogen) atoms. The summed E-state index contributed by atoms with van der Waals surface area (Å²) >= 11 is 0. The van der Waals surface area contributed by atoms with E-state index in [4.69, 9.17) is 9.84 Å². The lowest BCUT2D eigenvalue weighted by Crippen LogP contribution is -2.21. The zero-order valence-corrected chi connectivity index (χ0v) is 7.73. The van der Waals surface area contributed by atoms with E-state index >= 15 is 0 Å². The van der Waals surface area contributed by atoms with Crippen LogP contribution in [0.15, 0.2) is 12.1 Å². The van der Waals surface area contributed by atoms with Gasteiger partial charge < -0.3 is 9.84 Å². The summed E-state index contributed by atoms with van der Waals surface area (Å²) in [5, 5.41) is 16.6. The summed E-state index contributed by atoms with van der Waals surface area (Å²) in [7, 11) is 1.49. The van der Waals surface area contributed by atoms with Crippen LogP contribution in [-0.2, 0) is 10.2 Å². The second kappa shape index (κ2) is 2.94. The van der Waals surface area contributed by atoms with Crippen LogP contribution in [0.5, 0.6) is 5.88 Å². The third-order valence-electron chi connectivity index (χ3n) is 2.50. The molecule has 1 aliphatic rings. The maximum Gasteiger partial charge on any atom is 0.315 e. The lowest BCUT2D eigenvalue weighted by atomic mass is 10.0. The van der Waals surface area contributed by atoms with Gasteiger partial charge in [-0.1, -0.05) is 0 Å². The highest BCUT2D eigenvalue weighted by molar-refractivity contribution is 5.84. The first kappa shape index (κ1) is 8.93. The van der Waals surface area contributed by atoms with E-state index in [1.165, 1.54) is 7.11 Å². The second-order valence-electron chi connectivity index (χ2n) is 3.35. The Morgan fingerprint density at radius 2 is 2.21 bits per heavy atom. The van der Waals surface area contributed by atoms with E-state index in [0.29, 0.717) is 24.4 Å². The molecule has 1 aliphatic carbocycles. The summed E-state index contributed by atoms with van der Waals surface area (Å²) in [6.07, 6.45) is 1.28. The number of aromatic nitrogens is 2. The molecule has 0 spiro atoms. The van der Waals surface area contributed by atoms with Crippen molar-refractivity contribution in [3.63, 3.8) is 0 Å². The minimum atomic E-state index is -0.822. The molecule has 0 unspecified atom stereocenters. The fourth-order valence-corrected chi connectivity index (χ4v) is 1.39. The highest BCUT2D eigenvalue weighted by Crippen LogP contribution is 2.47. The molecule has 0 bridgehead atoms. The SMILES string of the molecule is COc1ccc(C2(C(=O)O)CC2)nn1. The number of aliphatic carboxylic acids is 1. The molecule has 1 N–H and O–H groups in total. The first-order chi connectivity index (χ1) is 6.69. The number of hydrogen-bond donors (Lipinski definition) is 1. The Kier molecular flexibility index (Phi) is 1.87. The van der Waals surface area contributed by atoms with Crippen molar-refractivity contribution < 1.29 is 14.6 Å². The van der Waals surface area contributed by atoms with Crippen LogP contribution in [0.2, 0.25) is 0 Å². The predicted molar refractivity (Wildman–Crippen MR) is 47.1 cm³/mol. The lowest BCUT2D eigenvalue weighted by Gasteiger charge is -2.07. The minimum Gasteiger partial charge on any atom is -0.481 e. The number of rotatable bonds is 3. The molecule has 0 aliphatic heterocycles. The topological polar surface area (TPSA) is 72.3 Å².